The molecule has 0 saturated carbocycles. The highest BCUT2D eigenvalue weighted by atomic mass is 19.1. The van der Waals surface area contributed by atoms with Crippen molar-refractivity contribution in [2.45, 2.75) is 6.54 Å². The van der Waals surface area contributed by atoms with Crippen molar-refractivity contribution >= 4 is 17.5 Å². The molecule has 160 valence electrons. The molecule has 0 aliphatic carbocycles. The average molecular weight is 417 g/mol. The van der Waals surface area contributed by atoms with Gasteiger partial charge in [-0.1, -0.05) is 49.1 Å². The normalized spacial score (nSPS) is 10.9. The Labute approximate surface area is 184 Å². The Morgan fingerprint density at radius 2 is 1.65 bits per heavy atom. The monoisotopic (exact) mass is 416 g/mol. The lowest BCUT2D eigenvalue weighted by Crippen LogP contribution is -2.17. The zero-order chi connectivity index (χ0) is 22.4. The number of rotatable bonds is 8. The van der Waals surface area contributed by atoms with Gasteiger partial charge in [-0.05, 0) is 53.1 Å². The maximum Gasteiger partial charge on any atom is 0.128 e. The van der Waals surface area contributed by atoms with E-state index in [-0.39, 0.29) is 5.82 Å². The molecule has 0 atom stereocenters. The minimum atomic E-state index is -0.200. The highest BCUT2D eigenvalue weighted by Gasteiger charge is 2.09. The van der Waals surface area contributed by atoms with Crippen LogP contribution in [0.5, 0.6) is 0 Å². The van der Waals surface area contributed by atoms with Gasteiger partial charge in [-0.15, -0.1) is 0 Å². The van der Waals surface area contributed by atoms with Crippen LogP contribution in [0.15, 0.2) is 85.1 Å². The van der Waals surface area contributed by atoms with Gasteiger partial charge >= 0.3 is 0 Å². The highest BCUT2D eigenvalue weighted by molar-refractivity contribution is 5.67. The van der Waals surface area contributed by atoms with Crippen molar-refractivity contribution in [1.29, 1.82) is 0 Å². The fraction of sp³-hybridized carbons (Fsp3) is 0.185. The molecule has 0 spiro atoms. The zero-order valence-electron chi connectivity index (χ0n) is 18.6. The first-order valence-corrected chi connectivity index (χ1v) is 10.2. The second-order valence-electron chi connectivity index (χ2n) is 7.70. The second-order valence-corrected chi connectivity index (χ2v) is 7.70. The summed E-state index contributed by atoms with van der Waals surface area (Å²) in [6, 6.07) is 21.6. The molecule has 0 heterocycles. The standard InChI is InChI=1S/C27H29FN2O/c1-20(31-5)9-10-21-7-6-8-26(17-21)30(4)19-24-12-11-23(18-27(24)28)22-13-15-25(16-14-22)29(2)3/h6-18H,1,19H2,2-5H3/b10-9+. The summed E-state index contributed by atoms with van der Waals surface area (Å²) in [5.41, 5.74) is 5.68. The Morgan fingerprint density at radius 1 is 0.935 bits per heavy atom. The van der Waals surface area contributed by atoms with Gasteiger partial charge < -0.3 is 14.5 Å². The molecule has 3 aromatic rings. The van der Waals surface area contributed by atoms with Gasteiger partial charge in [0.1, 0.15) is 11.6 Å². The van der Waals surface area contributed by atoms with Crippen molar-refractivity contribution < 1.29 is 9.13 Å². The predicted octanol–water partition coefficient (Wildman–Crippen LogP) is 6.37. The molecule has 0 aromatic heterocycles. The van der Waals surface area contributed by atoms with E-state index in [9.17, 15) is 4.39 Å². The average Bonchev–Trinajstić information content (AvgIpc) is 2.79. The van der Waals surface area contributed by atoms with E-state index in [0.29, 0.717) is 17.9 Å². The third-order valence-corrected chi connectivity index (χ3v) is 5.21. The number of benzene rings is 3. The van der Waals surface area contributed by atoms with Crippen molar-refractivity contribution in [3.8, 4) is 11.1 Å². The largest absolute Gasteiger partial charge is 0.497 e. The highest BCUT2D eigenvalue weighted by Crippen LogP contribution is 2.26. The molecule has 0 aliphatic rings. The van der Waals surface area contributed by atoms with Crippen molar-refractivity contribution in [3.63, 3.8) is 0 Å². The number of anilines is 2. The lowest BCUT2D eigenvalue weighted by Gasteiger charge is -2.20. The Morgan fingerprint density at radius 3 is 2.29 bits per heavy atom. The van der Waals surface area contributed by atoms with Crippen molar-refractivity contribution in [3.05, 3.63) is 102 Å². The first-order valence-electron chi connectivity index (χ1n) is 10.2. The summed E-state index contributed by atoms with van der Waals surface area (Å²) in [4.78, 5) is 4.08. The van der Waals surface area contributed by atoms with E-state index < -0.39 is 0 Å². The van der Waals surface area contributed by atoms with Gasteiger partial charge in [0.05, 0.1) is 7.11 Å². The first kappa shape index (κ1) is 22.2. The Bertz CT molecular complexity index is 1070. The van der Waals surface area contributed by atoms with E-state index in [2.05, 4.69) is 12.6 Å². The van der Waals surface area contributed by atoms with Crippen molar-refractivity contribution in [1.82, 2.24) is 0 Å². The van der Waals surface area contributed by atoms with Crippen molar-refractivity contribution in [2.75, 3.05) is 38.1 Å². The topological polar surface area (TPSA) is 15.7 Å². The van der Waals surface area contributed by atoms with Crippen molar-refractivity contribution in [2.24, 2.45) is 0 Å². The van der Waals surface area contributed by atoms with E-state index in [0.717, 1.165) is 28.1 Å². The molecule has 3 rings (SSSR count). The Balaban J connectivity index is 1.74. The van der Waals surface area contributed by atoms with Gasteiger partial charge in [0.25, 0.3) is 0 Å². The Hall–Kier alpha value is -3.53. The van der Waals surface area contributed by atoms with E-state index >= 15 is 0 Å². The van der Waals surface area contributed by atoms with Crippen LogP contribution in [0.4, 0.5) is 15.8 Å². The molecular weight excluding hydrogens is 387 g/mol. The van der Waals surface area contributed by atoms with E-state index in [4.69, 9.17) is 4.74 Å². The summed E-state index contributed by atoms with van der Waals surface area (Å²) in [5, 5.41) is 0. The second kappa shape index (κ2) is 9.98. The summed E-state index contributed by atoms with van der Waals surface area (Å²) < 4.78 is 19.9. The van der Waals surface area contributed by atoms with Gasteiger partial charge in [0, 0.05) is 44.6 Å². The van der Waals surface area contributed by atoms with Crippen LogP contribution in [0.25, 0.3) is 17.2 Å². The van der Waals surface area contributed by atoms with Crippen LogP contribution in [-0.4, -0.2) is 28.3 Å². The van der Waals surface area contributed by atoms with Crippen LogP contribution in [0.3, 0.4) is 0 Å². The van der Waals surface area contributed by atoms with Gasteiger partial charge in [0.2, 0.25) is 0 Å². The summed E-state index contributed by atoms with van der Waals surface area (Å²) in [6.45, 7) is 4.26. The number of methoxy groups -OCH3 is 1. The fourth-order valence-electron chi connectivity index (χ4n) is 3.28. The van der Waals surface area contributed by atoms with Gasteiger partial charge in [-0.3, -0.25) is 0 Å². The number of halogens is 1. The summed E-state index contributed by atoms with van der Waals surface area (Å²) >= 11 is 0. The molecule has 0 aliphatic heterocycles. The molecule has 0 N–H and O–H groups in total. The van der Waals surface area contributed by atoms with Crippen LogP contribution in [0, 0.1) is 5.82 Å². The van der Waals surface area contributed by atoms with E-state index in [1.807, 2.05) is 97.7 Å². The van der Waals surface area contributed by atoms with E-state index in [1.54, 1.807) is 13.2 Å². The van der Waals surface area contributed by atoms with Gasteiger partial charge in [0.15, 0.2) is 0 Å². The lowest BCUT2D eigenvalue weighted by molar-refractivity contribution is 0.309. The molecule has 0 bridgehead atoms. The van der Waals surface area contributed by atoms with Crippen LogP contribution in [0.2, 0.25) is 0 Å². The fourth-order valence-corrected chi connectivity index (χ4v) is 3.28. The number of nitrogens with zero attached hydrogens (tertiary/aromatic N) is 2. The molecule has 3 aromatic carbocycles. The third-order valence-electron chi connectivity index (χ3n) is 5.21. The predicted molar refractivity (Wildman–Crippen MR) is 130 cm³/mol. The maximum absolute atomic E-state index is 14.9. The Kier molecular flexibility index (Phi) is 7.14. The SMILES string of the molecule is C=C(/C=C/c1cccc(N(C)Cc2ccc(-c3ccc(N(C)C)cc3)cc2F)c1)OC. The molecule has 31 heavy (non-hydrogen) atoms. The number of allylic oxidation sites excluding steroid dienone is 1. The van der Waals surface area contributed by atoms with E-state index in [1.165, 1.54) is 0 Å². The third kappa shape index (κ3) is 5.76. The molecule has 0 unspecified atom stereocenters. The summed E-state index contributed by atoms with van der Waals surface area (Å²) in [7, 11) is 7.56. The smallest absolute Gasteiger partial charge is 0.128 e. The minimum Gasteiger partial charge on any atom is -0.497 e. The first-order chi connectivity index (χ1) is 14.9. The molecule has 0 saturated heterocycles. The van der Waals surface area contributed by atoms with Crippen LogP contribution in [-0.2, 0) is 11.3 Å². The molecule has 3 nitrogen and oxygen atoms in total. The van der Waals surface area contributed by atoms with Crippen LogP contribution in [0.1, 0.15) is 11.1 Å². The van der Waals surface area contributed by atoms with Gasteiger partial charge in [-0.25, -0.2) is 4.39 Å². The minimum absolute atomic E-state index is 0.200. The molecule has 0 amide bonds. The summed E-state index contributed by atoms with van der Waals surface area (Å²) in [5.74, 6) is 0.394. The molecule has 4 heteroatoms. The maximum atomic E-state index is 14.9. The lowest BCUT2D eigenvalue weighted by atomic mass is 10.0. The quantitative estimate of drug-likeness (QED) is 0.313. The van der Waals surface area contributed by atoms with Gasteiger partial charge in [-0.2, -0.15) is 0 Å². The molecular formula is C27H29FN2O. The summed E-state index contributed by atoms with van der Waals surface area (Å²) in [6.07, 6.45) is 3.77. The number of ether oxygens (including phenoxy) is 1. The van der Waals surface area contributed by atoms with Crippen LogP contribution < -0.4 is 9.80 Å². The zero-order valence-corrected chi connectivity index (χ0v) is 18.6. The molecule has 0 fully saturated rings. The number of hydrogen-bond acceptors (Lipinski definition) is 3. The van der Waals surface area contributed by atoms with Crippen LogP contribution >= 0.6 is 0 Å². The number of hydrogen-bond donors (Lipinski definition) is 0. The molecule has 0 radical (unpaired) electrons.